The fourth-order valence-electron chi connectivity index (χ4n) is 2.64. The molecule has 0 amide bonds. The molecule has 1 aromatic rings. The van der Waals surface area contributed by atoms with Gasteiger partial charge in [0.05, 0.1) is 0 Å². The van der Waals surface area contributed by atoms with E-state index >= 15 is 0 Å². The average Bonchev–Trinajstić information content (AvgIpc) is 2.95. The molecular formula is C21H6F30O6. The second-order valence-electron chi connectivity index (χ2n) is 9.64. The third kappa shape index (κ3) is 10.5. The number of halogens is 30. The van der Waals surface area contributed by atoms with Crippen molar-refractivity contribution >= 4 is 0 Å². The molecule has 1 rings (SSSR count). The van der Waals surface area contributed by atoms with Crippen LogP contribution in [0.25, 0.3) is 0 Å². The molecule has 0 radical (unpaired) electrons. The molecule has 3 atom stereocenters. The van der Waals surface area contributed by atoms with Gasteiger partial charge in [0.2, 0.25) is 5.75 Å². The van der Waals surface area contributed by atoms with E-state index in [-0.39, 0.29) is 0 Å². The summed E-state index contributed by atoms with van der Waals surface area (Å²) < 4.78 is 409. The van der Waals surface area contributed by atoms with Crippen molar-refractivity contribution in [1.29, 1.82) is 0 Å². The van der Waals surface area contributed by atoms with E-state index in [1.807, 2.05) is 14.2 Å². The fraction of sp³-hybridized carbons (Fsp3) is 0.714. The molecule has 0 aliphatic carbocycles. The van der Waals surface area contributed by atoms with Gasteiger partial charge >= 0.3 is 92.0 Å². The third-order valence-corrected chi connectivity index (χ3v) is 5.38. The van der Waals surface area contributed by atoms with Gasteiger partial charge in [0.15, 0.2) is 11.5 Å². The molecule has 0 heterocycles. The lowest BCUT2D eigenvalue weighted by atomic mass is 10.3. The van der Waals surface area contributed by atoms with Crippen molar-refractivity contribution < 1.29 is 160 Å². The highest BCUT2D eigenvalue weighted by molar-refractivity contribution is 5.51. The zero-order chi connectivity index (χ0) is 45.8. The Morgan fingerprint density at radius 2 is 0.544 bits per heavy atom. The largest absolute Gasteiger partial charge is 0.462 e. The number of para-hydroxylation sites is 1. The van der Waals surface area contributed by atoms with E-state index in [2.05, 4.69) is 14.2 Å². The maximum Gasteiger partial charge on any atom is 0.462 e. The van der Waals surface area contributed by atoms with Crippen LogP contribution in [-0.4, -0.2) is 92.0 Å². The predicted molar refractivity (Wildman–Crippen MR) is 109 cm³/mol. The van der Waals surface area contributed by atoms with Gasteiger partial charge in [-0.3, -0.25) is 14.2 Å². The van der Waals surface area contributed by atoms with Crippen LogP contribution in [0.5, 0.6) is 17.2 Å². The molecule has 0 spiro atoms. The molecule has 57 heavy (non-hydrogen) atoms. The molecule has 1 aromatic carbocycles. The summed E-state index contributed by atoms with van der Waals surface area (Å²) in [6, 6.07) is -1.95. The zero-order valence-corrected chi connectivity index (χ0v) is 24.8. The minimum absolute atomic E-state index is 0.454. The van der Waals surface area contributed by atoms with Crippen LogP contribution >= 0.6 is 0 Å². The Bertz CT molecular complexity index is 1440. The van der Waals surface area contributed by atoms with Crippen LogP contribution in [0, 0.1) is 0 Å². The van der Waals surface area contributed by atoms with Gasteiger partial charge < -0.3 is 14.2 Å². The van der Waals surface area contributed by atoms with E-state index in [0.29, 0.717) is 0 Å². The first-order valence-corrected chi connectivity index (χ1v) is 12.4. The van der Waals surface area contributed by atoms with Gasteiger partial charge in [-0.05, 0) is 12.1 Å². The van der Waals surface area contributed by atoms with E-state index in [0.717, 1.165) is 0 Å². The third-order valence-electron chi connectivity index (χ3n) is 5.38. The lowest BCUT2D eigenvalue weighted by molar-refractivity contribution is -0.461. The van der Waals surface area contributed by atoms with Gasteiger partial charge in [-0.1, -0.05) is 6.07 Å². The highest BCUT2D eigenvalue weighted by atomic mass is 19.4. The first kappa shape index (κ1) is 51.4. The Labute approximate surface area is 289 Å². The summed E-state index contributed by atoms with van der Waals surface area (Å²) in [5.74, 6) is -32.7. The highest BCUT2D eigenvalue weighted by Gasteiger charge is 2.78. The van der Waals surface area contributed by atoms with Gasteiger partial charge in [-0.15, -0.1) is 0 Å². The van der Waals surface area contributed by atoms with Crippen molar-refractivity contribution in [2.24, 2.45) is 0 Å². The minimum atomic E-state index is -7.71. The Hall–Kier alpha value is -3.60. The normalized spacial score (nSPS) is 16.9. The number of hydrogen-bond donors (Lipinski definition) is 0. The van der Waals surface area contributed by atoms with Crippen LogP contribution in [0.15, 0.2) is 18.2 Å². The van der Waals surface area contributed by atoms with Crippen molar-refractivity contribution in [3.8, 4) is 17.2 Å². The maximum atomic E-state index is 14.3. The molecular weight excluding hydrogens is 918 g/mol. The summed E-state index contributed by atoms with van der Waals surface area (Å²) in [6.45, 7) is 0. The molecule has 6 nitrogen and oxygen atoms in total. The first-order valence-electron chi connectivity index (χ1n) is 12.4. The Morgan fingerprint density at radius 1 is 0.333 bits per heavy atom. The van der Waals surface area contributed by atoms with E-state index in [1.54, 1.807) is 0 Å². The van der Waals surface area contributed by atoms with Gasteiger partial charge in [0.25, 0.3) is 0 Å². The standard InChI is InChI=1S/C21H6F30O6/c22-7(55-19(46,47)13(31,32)16(37,38)39)10(25,26)52-4-2-1-3-5(53-11(27,28)8(23)56-20(48,49)14(33,34)17(40,41)42)6(4)54-12(29,30)9(24)57-21(50,51)15(35,36)18(43,44)45/h1-3,7-9H. The molecule has 336 valence electrons. The van der Waals surface area contributed by atoms with E-state index < -0.39 is 127 Å². The topological polar surface area (TPSA) is 55.4 Å². The fourth-order valence-corrected chi connectivity index (χ4v) is 2.64. The van der Waals surface area contributed by atoms with Crippen LogP contribution in [-0.2, 0) is 14.2 Å². The average molecular weight is 924 g/mol. The van der Waals surface area contributed by atoms with Gasteiger partial charge in [0, 0.05) is 0 Å². The van der Waals surface area contributed by atoms with Crippen LogP contribution in [0.2, 0.25) is 0 Å². The molecule has 0 bridgehead atoms. The first-order chi connectivity index (χ1) is 24.7. The molecule has 0 saturated carbocycles. The minimum Gasteiger partial charge on any atom is -0.424 e. The predicted octanol–water partition coefficient (Wildman–Crippen LogP) is 10.9. The molecule has 0 saturated heterocycles. The van der Waals surface area contributed by atoms with Gasteiger partial charge in [-0.25, -0.2) is 13.2 Å². The highest BCUT2D eigenvalue weighted by Crippen LogP contribution is 2.53. The second-order valence-corrected chi connectivity index (χ2v) is 9.64. The Balaban J connectivity index is 3.86. The molecule has 0 aromatic heterocycles. The van der Waals surface area contributed by atoms with Crippen molar-refractivity contribution in [2.75, 3.05) is 0 Å². The number of hydrogen-bond acceptors (Lipinski definition) is 6. The van der Waals surface area contributed by atoms with Gasteiger partial charge in [-0.2, -0.15) is 119 Å². The lowest BCUT2D eigenvalue weighted by Crippen LogP contribution is -2.56. The number of ether oxygens (including phenoxy) is 6. The van der Waals surface area contributed by atoms with Crippen LogP contribution in [0.4, 0.5) is 132 Å². The van der Waals surface area contributed by atoms with Crippen LogP contribution in [0.1, 0.15) is 0 Å². The SMILES string of the molecule is FC(OC(F)(F)C(F)(F)C(F)(F)F)C(F)(F)Oc1cccc(OC(F)(F)C(F)OC(F)(F)C(F)(F)C(F)(F)F)c1OC(F)(F)C(F)OC(F)(F)C(F)(F)C(F)(F)F. The summed E-state index contributed by atoms with van der Waals surface area (Å²) in [4.78, 5) is 0. The Morgan fingerprint density at radius 3 is 0.754 bits per heavy atom. The summed E-state index contributed by atoms with van der Waals surface area (Å²) in [5.41, 5.74) is 0. The van der Waals surface area contributed by atoms with E-state index in [4.69, 9.17) is 0 Å². The van der Waals surface area contributed by atoms with Crippen molar-refractivity contribution in [3.05, 3.63) is 18.2 Å². The van der Waals surface area contributed by atoms with Gasteiger partial charge in [0.1, 0.15) is 0 Å². The van der Waals surface area contributed by atoms with Crippen molar-refractivity contribution in [2.45, 2.75) is 92.0 Å². The molecule has 3 unspecified atom stereocenters. The number of alkyl halides is 30. The van der Waals surface area contributed by atoms with Crippen LogP contribution in [0.3, 0.4) is 0 Å². The molecule has 0 aliphatic heterocycles. The lowest BCUT2D eigenvalue weighted by Gasteiger charge is -2.32. The zero-order valence-electron chi connectivity index (χ0n) is 24.8. The monoisotopic (exact) mass is 924 g/mol. The molecule has 36 heteroatoms. The summed E-state index contributed by atoms with van der Waals surface area (Å²) in [5, 5.41) is 0. The smallest absolute Gasteiger partial charge is 0.424 e. The molecule has 0 aliphatic rings. The van der Waals surface area contributed by atoms with E-state index in [1.165, 1.54) is 0 Å². The van der Waals surface area contributed by atoms with Crippen molar-refractivity contribution in [1.82, 2.24) is 0 Å². The summed E-state index contributed by atoms with van der Waals surface area (Å²) >= 11 is 0. The molecule has 0 fully saturated rings. The summed E-state index contributed by atoms with van der Waals surface area (Å²) in [6.07, 6.45) is -83.4. The maximum absolute atomic E-state index is 14.3. The molecule has 0 N–H and O–H groups in total. The number of benzene rings is 1. The van der Waals surface area contributed by atoms with Crippen molar-refractivity contribution in [3.63, 3.8) is 0 Å². The summed E-state index contributed by atoms with van der Waals surface area (Å²) in [7, 11) is 0. The number of rotatable bonds is 18. The quantitative estimate of drug-likeness (QED) is 0.137. The van der Waals surface area contributed by atoms with E-state index in [9.17, 15) is 132 Å². The van der Waals surface area contributed by atoms with Crippen LogP contribution < -0.4 is 14.2 Å². The second kappa shape index (κ2) is 15.2. The Kier molecular flexibility index (Phi) is 13.7.